The van der Waals surface area contributed by atoms with E-state index in [1.165, 1.54) is 6.42 Å². The third kappa shape index (κ3) is 1.72. The molecular weight excluding hydrogens is 240 g/mol. The number of aromatic nitrogens is 2. The maximum absolute atomic E-state index is 11.5. The molecule has 1 amide bonds. The maximum Gasteiger partial charge on any atom is 0.269 e. The molecule has 1 aromatic rings. The van der Waals surface area contributed by atoms with Gasteiger partial charge in [0, 0.05) is 11.8 Å². The minimum atomic E-state index is -0.465. The highest BCUT2D eigenvalue weighted by Gasteiger charge is 2.54. The van der Waals surface area contributed by atoms with E-state index in [0.29, 0.717) is 22.8 Å². The van der Waals surface area contributed by atoms with Crippen molar-refractivity contribution in [2.24, 2.45) is 22.1 Å². The van der Waals surface area contributed by atoms with Crippen LogP contribution in [0.1, 0.15) is 42.0 Å². The first kappa shape index (κ1) is 12.1. The van der Waals surface area contributed by atoms with Gasteiger partial charge >= 0.3 is 0 Å². The quantitative estimate of drug-likeness (QED) is 0.837. The molecule has 2 N–H and O–H groups in total. The minimum absolute atomic E-state index is 0.357. The smallest absolute Gasteiger partial charge is 0.269 e. The van der Waals surface area contributed by atoms with Crippen LogP contribution in [-0.4, -0.2) is 21.9 Å². The zero-order valence-electron chi connectivity index (χ0n) is 11.3. The summed E-state index contributed by atoms with van der Waals surface area (Å²) < 4.78 is 1.69. The Morgan fingerprint density at radius 2 is 2.42 bits per heavy atom. The Kier molecular flexibility index (Phi) is 2.42. The molecule has 5 nitrogen and oxygen atoms in total. The summed E-state index contributed by atoms with van der Waals surface area (Å²) in [7, 11) is 0. The van der Waals surface area contributed by atoms with Gasteiger partial charge in [0.1, 0.15) is 5.82 Å². The molecule has 0 saturated heterocycles. The Morgan fingerprint density at radius 3 is 3.05 bits per heavy atom. The van der Waals surface area contributed by atoms with E-state index in [9.17, 15) is 4.79 Å². The fourth-order valence-corrected chi connectivity index (χ4v) is 3.16. The first-order chi connectivity index (χ1) is 8.96. The van der Waals surface area contributed by atoms with Crippen LogP contribution in [-0.2, 0) is 12.8 Å². The summed E-state index contributed by atoms with van der Waals surface area (Å²) >= 11 is 0. The van der Waals surface area contributed by atoms with E-state index in [2.05, 4.69) is 23.6 Å². The molecule has 19 heavy (non-hydrogen) atoms. The molecule has 0 bridgehead atoms. The molecule has 2 atom stereocenters. The molecule has 100 valence electrons. The van der Waals surface area contributed by atoms with Crippen molar-refractivity contribution in [2.75, 3.05) is 0 Å². The van der Waals surface area contributed by atoms with Crippen LogP contribution in [0.25, 0.3) is 5.82 Å². The van der Waals surface area contributed by atoms with Gasteiger partial charge in [-0.05, 0) is 37.5 Å². The van der Waals surface area contributed by atoms with Crippen molar-refractivity contribution >= 4 is 17.9 Å². The van der Waals surface area contributed by atoms with Gasteiger partial charge in [0.2, 0.25) is 0 Å². The largest absolute Gasteiger partial charge is 0.364 e. The number of nitrogens with zero attached hydrogens (tertiary/aromatic N) is 3. The molecule has 0 radical (unpaired) electrons. The van der Waals surface area contributed by atoms with Crippen molar-refractivity contribution < 1.29 is 4.79 Å². The molecule has 1 saturated carbocycles. The number of hydrogen-bond donors (Lipinski definition) is 1. The fourth-order valence-electron chi connectivity index (χ4n) is 3.16. The molecule has 2 unspecified atom stereocenters. The summed E-state index contributed by atoms with van der Waals surface area (Å²) in [5.41, 5.74) is 8.23. The monoisotopic (exact) mass is 258 g/mol. The first-order valence-corrected chi connectivity index (χ1v) is 6.55. The van der Waals surface area contributed by atoms with Crippen molar-refractivity contribution in [3.63, 3.8) is 0 Å². The zero-order valence-corrected chi connectivity index (χ0v) is 11.3. The van der Waals surface area contributed by atoms with Gasteiger partial charge in [0.05, 0.1) is 5.69 Å². The van der Waals surface area contributed by atoms with Crippen LogP contribution in [0.3, 0.4) is 0 Å². The molecule has 2 aliphatic carbocycles. The summed E-state index contributed by atoms with van der Waals surface area (Å²) in [6.07, 6.45) is 4.70. The Bertz CT molecular complexity index is 613. The number of aliphatic imine (C=N–C) groups is 1. The highest BCUT2D eigenvalue weighted by atomic mass is 16.1. The van der Waals surface area contributed by atoms with Crippen molar-refractivity contribution in [2.45, 2.75) is 33.1 Å². The molecule has 0 aliphatic heterocycles. The predicted octanol–water partition coefficient (Wildman–Crippen LogP) is 1.63. The molecule has 2 aliphatic rings. The Morgan fingerprint density at radius 1 is 1.68 bits per heavy atom. The van der Waals surface area contributed by atoms with E-state index >= 15 is 0 Å². The number of nitrogens with two attached hydrogens (primary N) is 1. The lowest BCUT2D eigenvalue weighted by molar-refractivity contribution is 0.0994. The van der Waals surface area contributed by atoms with Gasteiger partial charge in [-0.1, -0.05) is 13.5 Å². The topological polar surface area (TPSA) is 73.3 Å². The summed E-state index contributed by atoms with van der Waals surface area (Å²) in [4.78, 5) is 15.7. The third-order valence-corrected chi connectivity index (χ3v) is 4.41. The van der Waals surface area contributed by atoms with E-state index in [1.807, 2.05) is 6.92 Å². The lowest BCUT2D eigenvalue weighted by atomic mass is 9.87. The maximum atomic E-state index is 11.5. The number of carbonyl (C=O) groups is 1. The number of hydrogen-bond acceptors (Lipinski definition) is 3. The third-order valence-electron chi connectivity index (χ3n) is 4.41. The van der Waals surface area contributed by atoms with Gasteiger partial charge in [0.25, 0.3) is 5.91 Å². The zero-order chi connectivity index (χ0) is 13.8. The standard InChI is InChI=1S/C14H18N4O/c1-4-16-8(2)18-11-7-14(3)6-9(14)5-10(11)12(17-18)13(15)19/h4,9H,2,5-7H2,1,3H3,(H2,15,19). The van der Waals surface area contributed by atoms with Crippen LogP contribution in [0.15, 0.2) is 11.6 Å². The van der Waals surface area contributed by atoms with Gasteiger partial charge in [-0.25, -0.2) is 9.67 Å². The molecule has 1 fully saturated rings. The molecule has 1 aromatic heterocycles. The predicted molar refractivity (Wildman–Crippen MR) is 73.9 cm³/mol. The summed E-state index contributed by atoms with van der Waals surface area (Å²) in [5, 5.41) is 4.32. The minimum Gasteiger partial charge on any atom is -0.364 e. The van der Waals surface area contributed by atoms with Crippen LogP contribution in [0, 0.1) is 11.3 Å². The van der Waals surface area contributed by atoms with E-state index in [-0.39, 0.29) is 0 Å². The normalized spacial score (nSPS) is 28.0. The SMILES string of the molecule is C=C(N=CC)n1nc(C(N)=O)c2c1CC1(C)CC1C2. The van der Waals surface area contributed by atoms with Gasteiger partial charge in [-0.3, -0.25) is 4.79 Å². The average molecular weight is 258 g/mol. The van der Waals surface area contributed by atoms with E-state index in [1.54, 1.807) is 10.9 Å². The highest BCUT2D eigenvalue weighted by Crippen LogP contribution is 2.59. The molecule has 1 heterocycles. The number of amides is 1. The van der Waals surface area contributed by atoms with Crippen LogP contribution in [0.2, 0.25) is 0 Å². The lowest BCUT2D eigenvalue weighted by Crippen LogP contribution is -2.18. The molecule has 5 heteroatoms. The molecule has 0 aromatic carbocycles. The van der Waals surface area contributed by atoms with Gasteiger partial charge in [0.15, 0.2) is 5.69 Å². The first-order valence-electron chi connectivity index (χ1n) is 6.55. The second-order valence-corrected chi connectivity index (χ2v) is 5.79. The van der Waals surface area contributed by atoms with Crippen molar-refractivity contribution in [3.05, 3.63) is 23.5 Å². The fraction of sp³-hybridized carbons (Fsp3) is 0.500. The average Bonchev–Trinajstić information content (AvgIpc) is 2.85. The number of rotatable bonds is 3. The Hall–Kier alpha value is -1.91. The van der Waals surface area contributed by atoms with Crippen molar-refractivity contribution in [3.8, 4) is 0 Å². The molecular formula is C14H18N4O. The van der Waals surface area contributed by atoms with Crippen molar-refractivity contribution in [1.82, 2.24) is 9.78 Å². The van der Waals surface area contributed by atoms with Gasteiger partial charge in [-0.2, -0.15) is 5.10 Å². The van der Waals surface area contributed by atoms with E-state index in [0.717, 1.165) is 24.1 Å². The number of primary amides is 1. The van der Waals surface area contributed by atoms with Gasteiger partial charge in [-0.15, -0.1) is 0 Å². The summed E-state index contributed by atoms with van der Waals surface area (Å²) in [6, 6.07) is 0. The van der Waals surface area contributed by atoms with Crippen LogP contribution in [0.5, 0.6) is 0 Å². The molecule has 0 spiro atoms. The second kappa shape index (κ2) is 3.79. The van der Waals surface area contributed by atoms with Crippen LogP contribution < -0.4 is 5.73 Å². The van der Waals surface area contributed by atoms with Crippen molar-refractivity contribution in [1.29, 1.82) is 0 Å². The molecule has 3 rings (SSSR count). The van der Waals surface area contributed by atoms with Gasteiger partial charge < -0.3 is 5.73 Å². The van der Waals surface area contributed by atoms with E-state index in [4.69, 9.17) is 5.73 Å². The highest BCUT2D eigenvalue weighted by molar-refractivity contribution is 5.93. The van der Waals surface area contributed by atoms with E-state index < -0.39 is 5.91 Å². The second-order valence-electron chi connectivity index (χ2n) is 5.79. The Balaban J connectivity index is 2.11. The van der Waals surface area contributed by atoms with Crippen LogP contribution in [0.4, 0.5) is 0 Å². The lowest BCUT2D eigenvalue weighted by Gasteiger charge is -2.19. The number of fused-ring (bicyclic) bond motifs is 2. The van der Waals surface area contributed by atoms with Crippen LogP contribution >= 0.6 is 0 Å². The summed E-state index contributed by atoms with van der Waals surface area (Å²) in [5.74, 6) is 0.736. The Labute approximate surface area is 112 Å². The summed E-state index contributed by atoms with van der Waals surface area (Å²) in [6.45, 7) is 8.02. The number of carbonyl (C=O) groups excluding carboxylic acids is 1.